The van der Waals surface area contributed by atoms with Gasteiger partial charge in [0, 0.05) is 11.6 Å². The highest BCUT2D eigenvalue weighted by Gasteiger charge is 2.39. The average Bonchev–Trinajstić information content (AvgIpc) is 2.08. The standard InChI is InChI=1S/C8H6F5NO/c9-4-1-3(6(15)2-5(4)10)7(14)8(11,12)13/h1-2,7,15H,14H2/t7-/m0/s1. The second-order valence-electron chi connectivity index (χ2n) is 2.84. The molecular formula is C8H6F5NO. The van der Waals surface area contributed by atoms with Crippen LogP contribution in [-0.4, -0.2) is 11.3 Å². The van der Waals surface area contributed by atoms with Crippen LogP contribution in [0.25, 0.3) is 0 Å². The number of phenols is 1. The quantitative estimate of drug-likeness (QED) is 0.722. The molecule has 0 unspecified atom stereocenters. The molecular weight excluding hydrogens is 221 g/mol. The van der Waals surface area contributed by atoms with Gasteiger partial charge in [-0.2, -0.15) is 13.2 Å². The van der Waals surface area contributed by atoms with E-state index in [1.165, 1.54) is 0 Å². The summed E-state index contributed by atoms with van der Waals surface area (Å²) in [5.41, 5.74) is 3.82. The third-order valence-electron chi connectivity index (χ3n) is 1.76. The third kappa shape index (κ3) is 2.35. The van der Waals surface area contributed by atoms with E-state index in [4.69, 9.17) is 10.8 Å². The fraction of sp³-hybridized carbons (Fsp3) is 0.250. The van der Waals surface area contributed by atoms with E-state index in [1.54, 1.807) is 0 Å². The monoisotopic (exact) mass is 227 g/mol. The fourth-order valence-electron chi connectivity index (χ4n) is 0.977. The van der Waals surface area contributed by atoms with Crippen molar-refractivity contribution in [2.45, 2.75) is 12.2 Å². The van der Waals surface area contributed by atoms with E-state index in [0.29, 0.717) is 0 Å². The first-order chi connectivity index (χ1) is 6.73. The highest BCUT2D eigenvalue weighted by Crippen LogP contribution is 2.35. The van der Waals surface area contributed by atoms with Crippen molar-refractivity contribution in [2.75, 3.05) is 0 Å². The summed E-state index contributed by atoms with van der Waals surface area (Å²) in [5, 5.41) is 8.96. The van der Waals surface area contributed by atoms with Crippen LogP contribution >= 0.6 is 0 Å². The summed E-state index contributed by atoms with van der Waals surface area (Å²) in [5.74, 6) is -3.97. The van der Waals surface area contributed by atoms with Crippen LogP contribution in [0.5, 0.6) is 5.75 Å². The van der Waals surface area contributed by atoms with Crippen LogP contribution in [0.4, 0.5) is 22.0 Å². The molecule has 1 rings (SSSR count). The summed E-state index contributed by atoms with van der Waals surface area (Å²) in [6.07, 6.45) is -4.83. The van der Waals surface area contributed by atoms with Gasteiger partial charge in [-0.25, -0.2) is 8.78 Å². The number of aromatic hydroxyl groups is 1. The van der Waals surface area contributed by atoms with Crippen LogP contribution in [0.15, 0.2) is 12.1 Å². The zero-order chi connectivity index (χ0) is 11.8. The smallest absolute Gasteiger partial charge is 0.407 e. The summed E-state index contributed by atoms with van der Waals surface area (Å²) in [7, 11) is 0. The van der Waals surface area contributed by atoms with Gasteiger partial charge in [0.25, 0.3) is 0 Å². The number of halogens is 5. The Morgan fingerprint density at radius 2 is 1.60 bits per heavy atom. The molecule has 2 nitrogen and oxygen atoms in total. The first-order valence-electron chi connectivity index (χ1n) is 3.73. The van der Waals surface area contributed by atoms with Crippen molar-refractivity contribution in [1.29, 1.82) is 0 Å². The number of benzene rings is 1. The second kappa shape index (κ2) is 3.65. The maximum absolute atomic E-state index is 12.6. The topological polar surface area (TPSA) is 46.2 Å². The van der Waals surface area contributed by atoms with Crippen molar-refractivity contribution in [3.8, 4) is 5.75 Å². The van der Waals surface area contributed by atoms with E-state index in [-0.39, 0.29) is 12.1 Å². The van der Waals surface area contributed by atoms with E-state index >= 15 is 0 Å². The molecule has 1 aromatic rings. The minimum absolute atomic E-state index is 0.225. The Labute approximate surface area is 81.1 Å². The molecule has 1 aromatic carbocycles. The van der Waals surface area contributed by atoms with Gasteiger partial charge in [0.1, 0.15) is 11.8 Å². The molecule has 84 valence electrons. The lowest BCUT2D eigenvalue weighted by Crippen LogP contribution is -2.28. The van der Waals surface area contributed by atoms with Crippen LogP contribution in [0.1, 0.15) is 11.6 Å². The van der Waals surface area contributed by atoms with E-state index < -0.39 is 35.2 Å². The van der Waals surface area contributed by atoms with E-state index in [0.717, 1.165) is 0 Å². The lowest BCUT2D eigenvalue weighted by atomic mass is 10.1. The Hall–Kier alpha value is -1.37. The van der Waals surface area contributed by atoms with Crippen molar-refractivity contribution in [2.24, 2.45) is 5.73 Å². The molecule has 0 aromatic heterocycles. The predicted molar refractivity (Wildman–Crippen MR) is 41.0 cm³/mol. The van der Waals surface area contributed by atoms with Crippen molar-refractivity contribution in [3.05, 3.63) is 29.3 Å². The molecule has 1 atom stereocenters. The highest BCUT2D eigenvalue weighted by molar-refractivity contribution is 5.36. The predicted octanol–water partition coefficient (Wildman–Crippen LogP) is 2.23. The molecule has 0 amide bonds. The molecule has 0 fully saturated rings. The Morgan fingerprint density at radius 1 is 1.13 bits per heavy atom. The van der Waals surface area contributed by atoms with Gasteiger partial charge in [-0.3, -0.25) is 0 Å². The average molecular weight is 227 g/mol. The summed E-state index contributed by atoms with van der Waals surface area (Å²) < 4.78 is 61.3. The highest BCUT2D eigenvalue weighted by atomic mass is 19.4. The zero-order valence-electron chi connectivity index (χ0n) is 7.15. The van der Waals surface area contributed by atoms with Crippen LogP contribution < -0.4 is 5.73 Å². The van der Waals surface area contributed by atoms with Crippen LogP contribution in [0, 0.1) is 11.6 Å². The summed E-state index contributed by atoms with van der Waals surface area (Å²) in [4.78, 5) is 0. The number of nitrogens with two attached hydrogens (primary N) is 1. The van der Waals surface area contributed by atoms with Gasteiger partial charge in [0.05, 0.1) is 0 Å². The van der Waals surface area contributed by atoms with Crippen molar-refractivity contribution >= 4 is 0 Å². The number of hydrogen-bond donors (Lipinski definition) is 2. The van der Waals surface area contributed by atoms with Crippen molar-refractivity contribution < 1.29 is 27.1 Å². The van der Waals surface area contributed by atoms with Gasteiger partial charge in [0.2, 0.25) is 0 Å². The molecule has 3 N–H and O–H groups in total. The lowest BCUT2D eigenvalue weighted by molar-refractivity contribution is -0.149. The maximum Gasteiger partial charge on any atom is 0.407 e. The number of hydrogen-bond acceptors (Lipinski definition) is 2. The number of phenolic OH excluding ortho intramolecular Hbond substituents is 1. The summed E-state index contributed by atoms with van der Waals surface area (Å²) >= 11 is 0. The molecule has 0 heterocycles. The molecule has 0 aliphatic carbocycles. The Balaban J connectivity index is 3.21. The molecule has 7 heteroatoms. The first kappa shape index (κ1) is 11.7. The summed E-state index contributed by atoms with van der Waals surface area (Å²) in [6, 6.07) is -2.08. The minimum atomic E-state index is -4.83. The first-order valence-corrected chi connectivity index (χ1v) is 3.73. The van der Waals surface area contributed by atoms with E-state index in [9.17, 15) is 22.0 Å². The van der Waals surface area contributed by atoms with E-state index in [1.807, 2.05) is 0 Å². The molecule has 0 aliphatic heterocycles. The molecule has 15 heavy (non-hydrogen) atoms. The molecule has 0 bridgehead atoms. The fourth-order valence-corrected chi connectivity index (χ4v) is 0.977. The maximum atomic E-state index is 12.6. The van der Waals surface area contributed by atoms with Crippen molar-refractivity contribution in [3.63, 3.8) is 0 Å². The Bertz CT molecular complexity index is 376. The minimum Gasteiger partial charge on any atom is -0.507 e. The van der Waals surface area contributed by atoms with E-state index in [2.05, 4.69) is 0 Å². The number of rotatable bonds is 1. The Morgan fingerprint density at radius 3 is 2.07 bits per heavy atom. The zero-order valence-corrected chi connectivity index (χ0v) is 7.15. The van der Waals surface area contributed by atoms with Crippen LogP contribution in [0.2, 0.25) is 0 Å². The van der Waals surface area contributed by atoms with Crippen LogP contribution in [0.3, 0.4) is 0 Å². The molecule has 0 saturated heterocycles. The molecule has 0 spiro atoms. The molecule has 0 saturated carbocycles. The molecule has 0 radical (unpaired) electrons. The molecule has 0 aliphatic rings. The SMILES string of the molecule is N[C@@H](c1cc(F)c(F)cc1O)C(F)(F)F. The Kier molecular flexibility index (Phi) is 2.85. The van der Waals surface area contributed by atoms with Crippen LogP contribution in [-0.2, 0) is 0 Å². The normalized spacial score (nSPS) is 14.0. The van der Waals surface area contributed by atoms with Gasteiger partial charge < -0.3 is 10.8 Å². The third-order valence-corrected chi connectivity index (χ3v) is 1.76. The summed E-state index contributed by atoms with van der Waals surface area (Å²) in [6.45, 7) is 0. The second-order valence-corrected chi connectivity index (χ2v) is 2.84. The largest absolute Gasteiger partial charge is 0.507 e. The lowest BCUT2D eigenvalue weighted by Gasteiger charge is -2.17. The van der Waals surface area contributed by atoms with Gasteiger partial charge >= 0.3 is 6.18 Å². The van der Waals surface area contributed by atoms with Gasteiger partial charge in [-0.05, 0) is 6.07 Å². The van der Waals surface area contributed by atoms with Gasteiger partial charge in [-0.15, -0.1) is 0 Å². The number of alkyl halides is 3. The van der Waals surface area contributed by atoms with Crippen molar-refractivity contribution in [1.82, 2.24) is 0 Å². The van der Waals surface area contributed by atoms with Gasteiger partial charge in [0.15, 0.2) is 11.6 Å². The van der Waals surface area contributed by atoms with Gasteiger partial charge in [-0.1, -0.05) is 0 Å².